The summed E-state index contributed by atoms with van der Waals surface area (Å²) in [5.74, 6) is 0.851. The van der Waals surface area contributed by atoms with Crippen LogP contribution in [0.3, 0.4) is 0 Å². The maximum atomic E-state index is 12.4. The largest absolute Gasteiger partial charge is 0.511 e. The zero-order valence-electron chi connectivity index (χ0n) is 19.1. The maximum Gasteiger partial charge on any atom is 0.168 e. The summed E-state index contributed by atoms with van der Waals surface area (Å²) >= 11 is 1.73. The number of carbonyl (C=O) groups is 1. The fraction of sp³-hybridized carbons (Fsp3) is 0.407. The van der Waals surface area contributed by atoms with Gasteiger partial charge in [-0.3, -0.25) is 4.79 Å². The van der Waals surface area contributed by atoms with Gasteiger partial charge in [0.2, 0.25) is 0 Å². The van der Waals surface area contributed by atoms with Crippen LogP contribution in [0.4, 0.5) is 0 Å². The zero-order chi connectivity index (χ0) is 22.2. The first kappa shape index (κ1) is 24.8. The summed E-state index contributed by atoms with van der Waals surface area (Å²) in [6, 6.07) is 17.6. The molecule has 0 bridgehead atoms. The van der Waals surface area contributed by atoms with Gasteiger partial charge in [-0.1, -0.05) is 52.0 Å². The molecule has 2 aliphatic rings. The molecule has 0 amide bonds. The average molecular weight is 625 g/mol. The van der Waals surface area contributed by atoms with Crippen molar-refractivity contribution >= 4 is 27.2 Å². The number of benzene rings is 1. The number of hydrogen-bond donors (Lipinski definition) is 1. The number of Topliss-reactive ketones (excluding diaryl/α,β-unsaturated/α-hetero) is 1. The second-order valence-corrected chi connectivity index (χ2v) is 11.0. The standard InChI is InChI=1S/C14H22O2.C13H8NS.Ir/c1-13(2)7-5-9-6-8-14(3,4)12(16)10(9)11(13)15;1-2-7-12-10(5-1)9-13(15-12)11-6-3-4-8-14-11;/h9,15H,5-8H2,1-4H3;1-8H;/q;-1;. The van der Waals surface area contributed by atoms with Gasteiger partial charge in [0, 0.05) is 48.4 Å². The van der Waals surface area contributed by atoms with Gasteiger partial charge >= 0.3 is 0 Å². The number of rotatable bonds is 1. The molecule has 1 atom stereocenters. The van der Waals surface area contributed by atoms with Crippen molar-refractivity contribution in [3.8, 4) is 10.6 Å². The van der Waals surface area contributed by atoms with Crippen LogP contribution in [0.5, 0.6) is 0 Å². The molecule has 5 heteroatoms. The van der Waals surface area contributed by atoms with Crippen molar-refractivity contribution in [1.29, 1.82) is 0 Å². The quantitative estimate of drug-likeness (QED) is 0.288. The number of ketones is 1. The summed E-state index contributed by atoms with van der Waals surface area (Å²) in [4.78, 5) is 17.8. The number of pyridine rings is 1. The van der Waals surface area contributed by atoms with Crippen LogP contribution in [0.2, 0.25) is 0 Å². The number of nitrogens with zero attached hydrogens (tertiary/aromatic N) is 1. The summed E-state index contributed by atoms with van der Waals surface area (Å²) in [5.41, 5.74) is 1.24. The molecule has 2 aromatic heterocycles. The summed E-state index contributed by atoms with van der Waals surface area (Å²) in [6.45, 7) is 8.04. The molecule has 1 saturated carbocycles. The van der Waals surface area contributed by atoms with E-state index in [2.05, 4.69) is 29.2 Å². The fourth-order valence-electron chi connectivity index (χ4n) is 4.48. The molecular formula is C27H30IrNO2S-. The number of aromatic nitrogens is 1. The van der Waals surface area contributed by atoms with Crippen LogP contribution in [0, 0.1) is 22.8 Å². The molecule has 0 spiro atoms. The molecule has 1 aromatic carbocycles. The van der Waals surface area contributed by atoms with E-state index in [9.17, 15) is 9.90 Å². The fourth-order valence-corrected chi connectivity index (χ4v) is 5.46. The minimum absolute atomic E-state index is 0. The number of aliphatic hydroxyl groups is 1. The molecule has 3 aromatic rings. The molecule has 0 aliphatic heterocycles. The van der Waals surface area contributed by atoms with Crippen LogP contribution < -0.4 is 0 Å². The summed E-state index contributed by atoms with van der Waals surface area (Å²) in [5, 5.41) is 11.5. The number of allylic oxidation sites excluding steroid dienone is 2. The van der Waals surface area contributed by atoms with Crippen LogP contribution in [0.15, 0.2) is 60.0 Å². The van der Waals surface area contributed by atoms with E-state index in [1.54, 1.807) is 11.3 Å². The van der Waals surface area contributed by atoms with Gasteiger partial charge in [0.1, 0.15) is 5.76 Å². The Hall–Kier alpha value is -1.81. The monoisotopic (exact) mass is 625 g/mol. The van der Waals surface area contributed by atoms with Gasteiger partial charge in [0.05, 0.1) is 0 Å². The van der Waals surface area contributed by atoms with Crippen LogP contribution in [0.25, 0.3) is 20.7 Å². The topological polar surface area (TPSA) is 50.2 Å². The molecule has 171 valence electrons. The van der Waals surface area contributed by atoms with Gasteiger partial charge in [-0.05, 0) is 47.2 Å². The maximum absolute atomic E-state index is 12.4. The zero-order valence-corrected chi connectivity index (χ0v) is 22.3. The number of hydrogen-bond acceptors (Lipinski definition) is 4. The Morgan fingerprint density at radius 2 is 1.66 bits per heavy atom. The van der Waals surface area contributed by atoms with E-state index < -0.39 is 0 Å². The Kier molecular flexibility index (Phi) is 7.44. The van der Waals surface area contributed by atoms with Gasteiger partial charge in [0.15, 0.2) is 5.78 Å². The summed E-state index contributed by atoms with van der Waals surface area (Å²) < 4.78 is 1.26. The van der Waals surface area contributed by atoms with Crippen molar-refractivity contribution in [2.75, 3.05) is 0 Å². The molecule has 1 fully saturated rings. The summed E-state index contributed by atoms with van der Waals surface area (Å²) in [6.07, 6.45) is 5.85. The number of aliphatic hydroxyl groups excluding tert-OH is 1. The van der Waals surface area contributed by atoms with Crippen LogP contribution in [-0.4, -0.2) is 15.9 Å². The molecule has 3 nitrogen and oxygen atoms in total. The smallest absolute Gasteiger partial charge is 0.168 e. The normalized spacial score (nSPS) is 21.2. The van der Waals surface area contributed by atoms with E-state index in [4.69, 9.17) is 0 Å². The van der Waals surface area contributed by atoms with Crippen molar-refractivity contribution in [1.82, 2.24) is 4.98 Å². The van der Waals surface area contributed by atoms with E-state index in [0.29, 0.717) is 11.7 Å². The SMILES string of the molecule is CC1(C)CCC2CCC(C)(C)C(O)=C2C1=O.[Ir].[c-]1c(-c2ccccn2)sc2ccccc12. The molecular weight excluding hydrogens is 595 g/mol. The molecule has 1 radical (unpaired) electrons. The molecule has 0 saturated heterocycles. The molecule has 2 heterocycles. The molecule has 1 N–H and O–H groups in total. The third kappa shape index (κ3) is 4.90. The Morgan fingerprint density at radius 3 is 2.31 bits per heavy atom. The second kappa shape index (κ2) is 9.59. The third-order valence-corrected chi connectivity index (χ3v) is 7.74. The second-order valence-electron chi connectivity index (χ2n) is 9.90. The van der Waals surface area contributed by atoms with Gasteiger partial charge in [0.25, 0.3) is 0 Å². The van der Waals surface area contributed by atoms with Gasteiger partial charge in [-0.25, -0.2) is 11.3 Å². The Balaban J connectivity index is 0.000000175. The van der Waals surface area contributed by atoms with Crippen molar-refractivity contribution < 1.29 is 30.0 Å². The molecule has 32 heavy (non-hydrogen) atoms. The number of thiophene rings is 1. The number of fused-ring (bicyclic) bond motifs is 2. The van der Waals surface area contributed by atoms with E-state index >= 15 is 0 Å². The Labute approximate surface area is 208 Å². The number of carbonyl (C=O) groups excluding carboxylic acids is 1. The van der Waals surface area contributed by atoms with E-state index in [-0.39, 0.29) is 36.7 Å². The van der Waals surface area contributed by atoms with Crippen LogP contribution in [0.1, 0.15) is 53.4 Å². The third-order valence-electron chi connectivity index (χ3n) is 6.64. The van der Waals surface area contributed by atoms with Crippen molar-refractivity contribution in [2.45, 2.75) is 53.4 Å². The predicted molar refractivity (Wildman–Crippen MR) is 128 cm³/mol. The first-order valence-electron chi connectivity index (χ1n) is 11.0. The minimum atomic E-state index is -0.284. The van der Waals surface area contributed by atoms with Crippen molar-refractivity contribution in [2.24, 2.45) is 16.7 Å². The van der Waals surface area contributed by atoms with Gasteiger partial charge in [-0.2, -0.15) is 0 Å². The van der Waals surface area contributed by atoms with Crippen LogP contribution >= 0.6 is 11.3 Å². The van der Waals surface area contributed by atoms with E-state index in [1.807, 2.05) is 58.2 Å². The van der Waals surface area contributed by atoms with E-state index in [1.165, 1.54) is 10.1 Å². The first-order valence-corrected chi connectivity index (χ1v) is 11.8. The summed E-state index contributed by atoms with van der Waals surface area (Å²) in [7, 11) is 0. The van der Waals surface area contributed by atoms with E-state index in [0.717, 1.165) is 41.8 Å². The Bertz CT molecular complexity index is 1100. The van der Waals surface area contributed by atoms with Crippen molar-refractivity contribution in [3.05, 3.63) is 66.1 Å². The molecule has 5 rings (SSSR count). The minimum Gasteiger partial charge on any atom is -0.511 e. The molecule has 1 unspecified atom stereocenters. The predicted octanol–water partition coefficient (Wildman–Crippen LogP) is 7.38. The average Bonchev–Trinajstić information content (AvgIpc) is 3.19. The molecule has 2 aliphatic carbocycles. The van der Waals surface area contributed by atoms with Crippen LogP contribution in [-0.2, 0) is 24.9 Å². The van der Waals surface area contributed by atoms with Crippen molar-refractivity contribution in [3.63, 3.8) is 0 Å². The first-order chi connectivity index (χ1) is 14.7. The van der Waals surface area contributed by atoms with Gasteiger partial charge < -0.3 is 10.1 Å². The Morgan fingerprint density at radius 1 is 1.00 bits per heavy atom. The van der Waals surface area contributed by atoms with Gasteiger partial charge in [-0.15, -0.1) is 23.6 Å².